The number of hydrazone groups is 1. The van der Waals surface area contributed by atoms with E-state index in [0.29, 0.717) is 10.5 Å². The molecular formula is C16H15ClF3N3O3. The molecule has 0 aromatic heterocycles. The zero-order valence-electron chi connectivity index (χ0n) is 13.9. The summed E-state index contributed by atoms with van der Waals surface area (Å²) in [6.07, 6.45) is 0.140. The van der Waals surface area contributed by atoms with Gasteiger partial charge in [0, 0.05) is 11.4 Å². The van der Waals surface area contributed by atoms with E-state index in [0.717, 1.165) is 11.1 Å². The Balaban J connectivity index is 2.36. The third-order valence-electron chi connectivity index (χ3n) is 3.56. The second-order valence-corrected chi connectivity index (χ2v) is 5.64. The van der Waals surface area contributed by atoms with Crippen LogP contribution < -0.4 is 5.01 Å². The van der Waals surface area contributed by atoms with Crippen molar-refractivity contribution in [2.75, 3.05) is 11.6 Å². The molecule has 0 amide bonds. The number of hydrogen-bond donors (Lipinski definition) is 0. The van der Waals surface area contributed by atoms with Crippen molar-refractivity contribution in [3.63, 3.8) is 0 Å². The van der Waals surface area contributed by atoms with E-state index in [1.807, 2.05) is 0 Å². The van der Waals surface area contributed by atoms with Crippen LogP contribution in [0.1, 0.15) is 25.8 Å². The molecule has 1 heterocycles. The molecule has 10 heteroatoms. The molecule has 0 aliphatic carbocycles. The van der Waals surface area contributed by atoms with Gasteiger partial charge >= 0.3 is 12.5 Å². The maximum atomic E-state index is 14.3. The number of carbonyl (C=O) groups excluding carboxylic acids is 2. The van der Waals surface area contributed by atoms with Gasteiger partial charge in [-0.15, -0.1) is 0 Å². The van der Waals surface area contributed by atoms with Gasteiger partial charge in [-0.25, -0.2) is 19.1 Å². The van der Waals surface area contributed by atoms with E-state index in [2.05, 4.69) is 5.10 Å². The first-order valence-electron chi connectivity index (χ1n) is 7.61. The molecule has 0 saturated carbocycles. The van der Waals surface area contributed by atoms with Gasteiger partial charge in [-0.1, -0.05) is 11.6 Å². The van der Waals surface area contributed by atoms with E-state index >= 15 is 0 Å². The van der Waals surface area contributed by atoms with Crippen molar-refractivity contribution in [1.29, 1.82) is 0 Å². The van der Waals surface area contributed by atoms with E-state index in [1.165, 1.54) is 18.9 Å². The lowest BCUT2D eigenvalue weighted by Gasteiger charge is -2.20. The summed E-state index contributed by atoms with van der Waals surface area (Å²) < 4.78 is 45.3. The Bertz CT molecular complexity index is 794. The predicted molar refractivity (Wildman–Crippen MR) is 89.0 cm³/mol. The summed E-state index contributed by atoms with van der Waals surface area (Å²) in [7, 11) is 0. The zero-order valence-corrected chi connectivity index (χ0v) is 14.7. The first-order chi connectivity index (χ1) is 12.3. The monoisotopic (exact) mass is 389 g/mol. The number of carbonyl (C=O) groups is 1. The number of rotatable bonds is 6. The Labute approximate surface area is 152 Å². The molecule has 0 N–H and O–H groups in total. The number of anilines is 1. The van der Waals surface area contributed by atoms with Crippen molar-refractivity contribution in [2.45, 2.75) is 33.2 Å². The first-order valence-corrected chi connectivity index (χ1v) is 7.99. The summed E-state index contributed by atoms with van der Waals surface area (Å²) in [6.45, 7) is 0.0918. The number of nitrogens with zero attached hydrogens (tertiary/aromatic N) is 3. The number of ether oxygens (including phenoxy) is 1. The summed E-state index contributed by atoms with van der Waals surface area (Å²) >= 11 is 5.99. The number of halogens is 4. The molecule has 0 saturated heterocycles. The third kappa shape index (κ3) is 4.00. The van der Waals surface area contributed by atoms with Gasteiger partial charge in [0.1, 0.15) is 17.3 Å². The van der Waals surface area contributed by atoms with Crippen molar-refractivity contribution in [1.82, 2.24) is 4.90 Å². The van der Waals surface area contributed by atoms with Gasteiger partial charge in [0.05, 0.1) is 6.61 Å². The number of aryl methyl sites for hydroxylation is 1. The maximum absolute atomic E-state index is 14.3. The SMILES string of the molecule is CCOC(=O)CCc1cc(N2N=C(C)N(C(F)F)C2=C=O)c(F)cc1Cl. The Morgan fingerprint density at radius 2 is 2.12 bits per heavy atom. The molecule has 0 spiro atoms. The molecule has 1 aromatic rings. The van der Waals surface area contributed by atoms with Crippen LogP contribution in [0.2, 0.25) is 5.02 Å². The van der Waals surface area contributed by atoms with E-state index in [4.69, 9.17) is 16.3 Å². The molecule has 1 aliphatic heterocycles. The molecule has 1 aromatic carbocycles. The Kier molecular flexibility index (Phi) is 6.28. The van der Waals surface area contributed by atoms with Crippen LogP contribution in [-0.4, -0.2) is 35.8 Å². The zero-order chi connectivity index (χ0) is 19.4. The van der Waals surface area contributed by atoms with Crippen LogP contribution in [0, 0.1) is 5.82 Å². The molecule has 0 radical (unpaired) electrons. The summed E-state index contributed by atoms with van der Waals surface area (Å²) in [5.74, 6) is -0.807. The van der Waals surface area contributed by atoms with Crippen molar-refractivity contribution in [2.24, 2.45) is 5.10 Å². The molecule has 0 unspecified atom stereocenters. The Morgan fingerprint density at radius 1 is 1.42 bits per heavy atom. The Morgan fingerprint density at radius 3 is 2.69 bits per heavy atom. The number of alkyl halides is 2. The van der Waals surface area contributed by atoms with Crippen LogP contribution in [0.15, 0.2) is 23.1 Å². The van der Waals surface area contributed by atoms with Crippen molar-refractivity contribution >= 4 is 35.0 Å². The molecule has 6 nitrogen and oxygen atoms in total. The van der Waals surface area contributed by atoms with E-state index in [1.54, 1.807) is 6.92 Å². The molecule has 0 atom stereocenters. The lowest BCUT2D eigenvalue weighted by atomic mass is 10.1. The summed E-state index contributed by atoms with van der Waals surface area (Å²) in [5, 5.41) is 4.58. The van der Waals surface area contributed by atoms with E-state index in [-0.39, 0.29) is 36.0 Å². The molecule has 2 rings (SSSR count). The molecule has 26 heavy (non-hydrogen) atoms. The fourth-order valence-electron chi connectivity index (χ4n) is 2.39. The summed E-state index contributed by atoms with van der Waals surface area (Å²) in [4.78, 5) is 23.0. The lowest BCUT2D eigenvalue weighted by Crippen LogP contribution is -2.32. The number of esters is 1. The smallest absolute Gasteiger partial charge is 0.322 e. The quantitative estimate of drug-likeness (QED) is 0.424. The van der Waals surface area contributed by atoms with Crippen LogP contribution in [-0.2, 0) is 20.7 Å². The number of hydrogen-bond acceptors (Lipinski definition) is 6. The second kappa shape index (κ2) is 8.25. The highest BCUT2D eigenvalue weighted by Crippen LogP contribution is 2.34. The summed E-state index contributed by atoms with van der Waals surface area (Å²) in [5.41, 5.74) is 0.124. The van der Waals surface area contributed by atoms with Gasteiger partial charge in [-0.2, -0.15) is 13.9 Å². The highest BCUT2D eigenvalue weighted by Gasteiger charge is 2.36. The van der Waals surface area contributed by atoms with E-state index < -0.39 is 24.2 Å². The fraction of sp³-hybridized carbons (Fsp3) is 0.375. The van der Waals surface area contributed by atoms with Crippen molar-refractivity contribution < 1.29 is 27.5 Å². The molecular weight excluding hydrogens is 375 g/mol. The van der Waals surface area contributed by atoms with Crippen LogP contribution in [0.5, 0.6) is 0 Å². The van der Waals surface area contributed by atoms with Gasteiger partial charge in [0.2, 0.25) is 5.82 Å². The first kappa shape index (κ1) is 19.8. The fourth-order valence-corrected chi connectivity index (χ4v) is 2.64. The van der Waals surface area contributed by atoms with Crippen molar-refractivity contribution in [3.05, 3.63) is 34.4 Å². The van der Waals surface area contributed by atoms with Gasteiger partial charge in [0.25, 0.3) is 0 Å². The molecule has 140 valence electrons. The van der Waals surface area contributed by atoms with Crippen LogP contribution >= 0.6 is 11.6 Å². The number of amidine groups is 1. The lowest BCUT2D eigenvalue weighted by molar-refractivity contribution is -0.143. The topological polar surface area (TPSA) is 62.2 Å². The third-order valence-corrected chi connectivity index (χ3v) is 3.91. The molecule has 0 fully saturated rings. The average molecular weight is 390 g/mol. The van der Waals surface area contributed by atoms with Crippen molar-refractivity contribution in [3.8, 4) is 0 Å². The predicted octanol–water partition coefficient (Wildman–Crippen LogP) is 3.33. The largest absolute Gasteiger partial charge is 0.466 e. The maximum Gasteiger partial charge on any atom is 0.322 e. The Hall–Kier alpha value is -2.51. The highest BCUT2D eigenvalue weighted by molar-refractivity contribution is 6.31. The highest BCUT2D eigenvalue weighted by atomic mass is 35.5. The van der Waals surface area contributed by atoms with Gasteiger partial charge in [-0.3, -0.25) is 4.79 Å². The van der Waals surface area contributed by atoms with Gasteiger partial charge in [0.15, 0.2) is 5.94 Å². The van der Waals surface area contributed by atoms with Crippen LogP contribution in [0.25, 0.3) is 0 Å². The van der Waals surface area contributed by atoms with E-state index in [9.17, 15) is 22.8 Å². The van der Waals surface area contributed by atoms with Gasteiger partial charge in [-0.05, 0) is 38.0 Å². The standard InChI is InChI=1S/C16H15ClF3N3O3/c1-3-26-15(25)5-4-10-6-13(12(18)7-11(10)17)23-14(8-24)22(16(19)20)9(2)21-23/h6-7,16H,3-5H2,1-2H3. The van der Waals surface area contributed by atoms with Crippen LogP contribution in [0.3, 0.4) is 0 Å². The normalized spacial score (nSPS) is 14.0. The minimum absolute atomic E-state index is 0.000460. The molecule has 1 aliphatic rings. The summed E-state index contributed by atoms with van der Waals surface area (Å²) in [6, 6.07) is 2.22. The minimum Gasteiger partial charge on any atom is -0.466 e. The second-order valence-electron chi connectivity index (χ2n) is 5.23. The van der Waals surface area contributed by atoms with Crippen LogP contribution in [0.4, 0.5) is 18.9 Å². The average Bonchev–Trinajstić information content (AvgIpc) is 2.90. The van der Waals surface area contributed by atoms with Gasteiger partial charge < -0.3 is 4.74 Å². The molecule has 0 bridgehead atoms. The number of benzene rings is 1. The minimum atomic E-state index is -3.04.